The van der Waals surface area contributed by atoms with E-state index in [9.17, 15) is 8.42 Å². The van der Waals surface area contributed by atoms with Crippen LogP contribution in [0.3, 0.4) is 0 Å². The molecule has 0 saturated heterocycles. The molecule has 136 valence electrons. The number of sulfonamides is 1. The maximum atomic E-state index is 12.5. The topological polar surface area (TPSA) is 74.8 Å². The average Bonchev–Trinajstić information content (AvgIpc) is 3.05. The molecule has 0 aliphatic rings. The number of aryl methyl sites for hydroxylation is 1. The molecular formula is C20H16ClN3O2S. The van der Waals surface area contributed by atoms with Crippen LogP contribution in [0.15, 0.2) is 71.6 Å². The first-order valence-electron chi connectivity index (χ1n) is 8.26. The van der Waals surface area contributed by atoms with Crippen molar-refractivity contribution in [2.24, 2.45) is 0 Å². The quantitative estimate of drug-likeness (QED) is 0.509. The largest absolute Gasteiger partial charge is 0.338 e. The van der Waals surface area contributed by atoms with E-state index < -0.39 is 10.0 Å². The van der Waals surface area contributed by atoms with Gasteiger partial charge in [-0.05, 0) is 67.1 Å². The Bertz CT molecular complexity index is 1230. The highest BCUT2D eigenvalue weighted by molar-refractivity contribution is 7.92. The van der Waals surface area contributed by atoms with Crippen LogP contribution in [0.4, 0.5) is 5.69 Å². The van der Waals surface area contributed by atoms with Gasteiger partial charge >= 0.3 is 0 Å². The molecule has 7 heteroatoms. The molecule has 4 rings (SSSR count). The van der Waals surface area contributed by atoms with E-state index in [2.05, 4.69) is 14.7 Å². The lowest BCUT2D eigenvalue weighted by Gasteiger charge is -2.08. The number of nitrogens with one attached hydrogen (secondary N) is 2. The lowest BCUT2D eigenvalue weighted by atomic mass is 10.2. The third-order valence-corrected chi connectivity index (χ3v) is 5.77. The van der Waals surface area contributed by atoms with Crippen LogP contribution in [-0.2, 0) is 10.0 Å². The molecule has 0 radical (unpaired) electrons. The van der Waals surface area contributed by atoms with Gasteiger partial charge in [0.1, 0.15) is 5.82 Å². The maximum Gasteiger partial charge on any atom is 0.261 e. The molecule has 0 aliphatic carbocycles. The van der Waals surface area contributed by atoms with E-state index in [4.69, 9.17) is 11.6 Å². The second-order valence-electron chi connectivity index (χ2n) is 6.25. The molecule has 1 aromatic heterocycles. The number of benzene rings is 3. The minimum absolute atomic E-state index is 0.117. The number of H-pyrrole nitrogens is 1. The van der Waals surface area contributed by atoms with Gasteiger partial charge in [-0.3, -0.25) is 4.72 Å². The van der Waals surface area contributed by atoms with Crippen LogP contribution < -0.4 is 4.72 Å². The van der Waals surface area contributed by atoms with Crippen molar-refractivity contribution in [2.75, 3.05) is 4.72 Å². The van der Waals surface area contributed by atoms with Gasteiger partial charge in [0.05, 0.1) is 15.9 Å². The standard InChI is InChI=1S/C20H16ClN3O2S/c1-13-5-10-18-19(11-13)23-20(22-18)14-6-8-16(9-7-14)24-27(25,26)17-4-2-3-15(21)12-17/h2-12,24H,1H3,(H,22,23). The zero-order valence-electron chi connectivity index (χ0n) is 14.4. The Kier molecular flexibility index (Phi) is 4.37. The highest BCUT2D eigenvalue weighted by Crippen LogP contribution is 2.24. The Hall–Kier alpha value is -2.83. The first-order valence-corrected chi connectivity index (χ1v) is 10.1. The molecule has 0 bridgehead atoms. The lowest BCUT2D eigenvalue weighted by molar-refractivity contribution is 0.601. The molecule has 0 fully saturated rings. The van der Waals surface area contributed by atoms with Gasteiger partial charge in [-0.1, -0.05) is 23.7 Å². The van der Waals surface area contributed by atoms with Crippen molar-refractivity contribution in [3.05, 3.63) is 77.3 Å². The Morgan fingerprint density at radius 1 is 1.00 bits per heavy atom. The van der Waals surface area contributed by atoms with Gasteiger partial charge in [0.2, 0.25) is 0 Å². The molecular weight excluding hydrogens is 382 g/mol. The first-order chi connectivity index (χ1) is 12.9. The maximum absolute atomic E-state index is 12.5. The Morgan fingerprint density at radius 3 is 2.52 bits per heavy atom. The van der Waals surface area contributed by atoms with Crippen molar-refractivity contribution < 1.29 is 8.42 Å². The van der Waals surface area contributed by atoms with Crippen molar-refractivity contribution in [1.82, 2.24) is 9.97 Å². The third-order valence-electron chi connectivity index (χ3n) is 4.15. The Morgan fingerprint density at radius 2 is 1.78 bits per heavy atom. The SMILES string of the molecule is Cc1ccc2nc(-c3ccc(NS(=O)(=O)c4cccc(Cl)c4)cc3)[nH]c2c1. The van der Waals surface area contributed by atoms with Gasteiger partial charge in [-0.15, -0.1) is 0 Å². The number of aromatic amines is 1. The summed E-state index contributed by atoms with van der Waals surface area (Å²) in [4.78, 5) is 7.98. The van der Waals surface area contributed by atoms with E-state index in [1.54, 1.807) is 24.3 Å². The van der Waals surface area contributed by atoms with Crippen LogP contribution in [0.1, 0.15) is 5.56 Å². The van der Waals surface area contributed by atoms with Gasteiger partial charge in [0.15, 0.2) is 0 Å². The Balaban J connectivity index is 1.60. The molecule has 0 amide bonds. The van der Waals surface area contributed by atoms with E-state index >= 15 is 0 Å². The van der Waals surface area contributed by atoms with Crippen LogP contribution in [0, 0.1) is 6.92 Å². The van der Waals surface area contributed by atoms with E-state index in [0.717, 1.165) is 28.0 Å². The number of aromatic nitrogens is 2. The van der Waals surface area contributed by atoms with Crippen molar-refractivity contribution >= 4 is 38.3 Å². The van der Waals surface area contributed by atoms with Crippen molar-refractivity contribution in [3.63, 3.8) is 0 Å². The van der Waals surface area contributed by atoms with Crippen LogP contribution in [0.25, 0.3) is 22.4 Å². The first kappa shape index (κ1) is 17.6. The van der Waals surface area contributed by atoms with Gasteiger partial charge in [-0.25, -0.2) is 13.4 Å². The molecule has 0 atom stereocenters. The van der Waals surface area contributed by atoms with E-state index in [0.29, 0.717) is 10.7 Å². The van der Waals surface area contributed by atoms with Crippen molar-refractivity contribution in [3.8, 4) is 11.4 Å². The molecule has 0 unspecified atom stereocenters. The molecule has 2 N–H and O–H groups in total. The zero-order chi connectivity index (χ0) is 19.0. The summed E-state index contributed by atoms with van der Waals surface area (Å²) in [6.45, 7) is 2.03. The number of rotatable bonds is 4. The normalized spacial score (nSPS) is 11.6. The molecule has 0 aliphatic heterocycles. The molecule has 5 nitrogen and oxygen atoms in total. The monoisotopic (exact) mass is 397 g/mol. The van der Waals surface area contributed by atoms with Crippen LogP contribution in [-0.4, -0.2) is 18.4 Å². The predicted octanol–water partition coefficient (Wildman–Crippen LogP) is 4.99. The number of fused-ring (bicyclic) bond motifs is 1. The van der Waals surface area contributed by atoms with Gasteiger partial charge in [-0.2, -0.15) is 0 Å². The second kappa shape index (κ2) is 6.72. The molecule has 0 spiro atoms. The highest BCUT2D eigenvalue weighted by atomic mass is 35.5. The van der Waals surface area contributed by atoms with Crippen LogP contribution in [0.2, 0.25) is 5.02 Å². The molecule has 1 heterocycles. The highest BCUT2D eigenvalue weighted by Gasteiger charge is 2.14. The minimum atomic E-state index is -3.70. The van der Waals surface area contributed by atoms with Gasteiger partial charge in [0, 0.05) is 16.3 Å². The number of halogens is 1. The second-order valence-corrected chi connectivity index (χ2v) is 8.37. The molecule has 0 saturated carbocycles. The predicted molar refractivity (Wildman–Crippen MR) is 109 cm³/mol. The van der Waals surface area contributed by atoms with Gasteiger partial charge < -0.3 is 4.98 Å². The summed E-state index contributed by atoms with van der Waals surface area (Å²) in [5, 5.41) is 0.369. The van der Waals surface area contributed by atoms with E-state index in [1.807, 2.05) is 37.3 Å². The van der Waals surface area contributed by atoms with Crippen molar-refractivity contribution in [1.29, 1.82) is 0 Å². The number of hydrogen-bond donors (Lipinski definition) is 2. The summed E-state index contributed by atoms with van der Waals surface area (Å²) < 4.78 is 27.5. The number of hydrogen-bond acceptors (Lipinski definition) is 3. The average molecular weight is 398 g/mol. The van der Waals surface area contributed by atoms with Crippen molar-refractivity contribution in [2.45, 2.75) is 11.8 Å². The summed E-state index contributed by atoms with van der Waals surface area (Å²) in [6.07, 6.45) is 0. The number of imidazole rings is 1. The number of nitrogens with zero attached hydrogens (tertiary/aromatic N) is 1. The molecule has 27 heavy (non-hydrogen) atoms. The number of anilines is 1. The zero-order valence-corrected chi connectivity index (χ0v) is 16.0. The van der Waals surface area contributed by atoms with Gasteiger partial charge in [0.25, 0.3) is 10.0 Å². The summed E-state index contributed by atoms with van der Waals surface area (Å²) in [5.41, 5.74) is 4.35. The smallest absolute Gasteiger partial charge is 0.261 e. The van der Waals surface area contributed by atoms with E-state index in [-0.39, 0.29) is 4.90 Å². The molecule has 3 aromatic carbocycles. The summed E-state index contributed by atoms with van der Waals surface area (Å²) in [5.74, 6) is 0.736. The third kappa shape index (κ3) is 3.67. The lowest BCUT2D eigenvalue weighted by Crippen LogP contribution is -2.12. The molecule has 4 aromatic rings. The Labute approximate surface area is 162 Å². The summed E-state index contributed by atoms with van der Waals surface area (Å²) in [6, 6.07) is 19.2. The summed E-state index contributed by atoms with van der Waals surface area (Å²) in [7, 11) is -3.70. The van der Waals surface area contributed by atoms with Crippen LogP contribution >= 0.6 is 11.6 Å². The minimum Gasteiger partial charge on any atom is -0.338 e. The van der Waals surface area contributed by atoms with E-state index in [1.165, 1.54) is 12.1 Å². The summed E-state index contributed by atoms with van der Waals surface area (Å²) >= 11 is 5.88. The fourth-order valence-corrected chi connectivity index (χ4v) is 4.16. The van der Waals surface area contributed by atoms with Crippen LogP contribution in [0.5, 0.6) is 0 Å². The fraction of sp³-hybridized carbons (Fsp3) is 0.0500. The fourth-order valence-electron chi connectivity index (χ4n) is 2.80.